The van der Waals surface area contributed by atoms with Crippen molar-refractivity contribution in [2.24, 2.45) is 0 Å². The van der Waals surface area contributed by atoms with Crippen LogP contribution < -0.4 is 4.57 Å². The van der Waals surface area contributed by atoms with Crippen LogP contribution in [-0.4, -0.2) is 27.9 Å². The van der Waals surface area contributed by atoms with Gasteiger partial charge in [0.25, 0.3) is 4.34 Å². The average molecular weight is 312 g/mol. The standard InChI is InChI=1S/C13H13NO4S2/c15-11(16)5-7-14-9-3-1-2-4-10(9)20-13(14)19-8-6-12(17)18/h1-4H,5-8H2,(H-,15,16,17,18)/p+1. The van der Waals surface area contributed by atoms with Crippen LogP contribution >= 0.6 is 23.1 Å². The van der Waals surface area contributed by atoms with Crippen LogP contribution in [-0.2, 0) is 16.1 Å². The number of thioether (sulfide) groups is 1. The number of carboxylic acid groups (broad SMARTS) is 2. The first-order chi connectivity index (χ1) is 9.58. The maximum Gasteiger partial charge on any atom is 0.309 e. The summed E-state index contributed by atoms with van der Waals surface area (Å²) in [4.78, 5) is 21.3. The van der Waals surface area contributed by atoms with Gasteiger partial charge in [-0.25, -0.2) is 0 Å². The van der Waals surface area contributed by atoms with E-state index in [2.05, 4.69) is 0 Å². The number of nitrogens with zero attached hydrogens (tertiary/aromatic N) is 1. The Balaban J connectivity index is 2.23. The van der Waals surface area contributed by atoms with E-state index in [9.17, 15) is 9.59 Å². The minimum Gasteiger partial charge on any atom is -0.481 e. The number of rotatable bonds is 7. The molecule has 0 fully saturated rings. The Morgan fingerprint density at radius 3 is 2.55 bits per heavy atom. The highest BCUT2D eigenvalue weighted by molar-refractivity contribution is 8.01. The van der Waals surface area contributed by atoms with E-state index in [0.29, 0.717) is 12.3 Å². The minimum absolute atomic E-state index is 0.0535. The number of para-hydroxylation sites is 1. The molecule has 0 aliphatic heterocycles. The maximum atomic E-state index is 10.8. The Bertz CT molecular complexity index is 638. The van der Waals surface area contributed by atoms with Gasteiger partial charge in [0.2, 0.25) is 5.52 Å². The number of aliphatic carboxylic acids is 2. The second kappa shape index (κ2) is 6.71. The van der Waals surface area contributed by atoms with Gasteiger partial charge >= 0.3 is 11.9 Å². The number of hydrogen-bond acceptors (Lipinski definition) is 4. The Morgan fingerprint density at radius 1 is 1.15 bits per heavy atom. The Morgan fingerprint density at radius 2 is 1.85 bits per heavy atom. The van der Waals surface area contributed by atoms with Gasteiger partial charge in [-0.2, -0.15) is 4.57 Å². The first-order valence-corrected chi connectivity index (χ1v) is 7.86. The summed E-state index contributed by atoms with van der Waals surface area (Å²) < 4.78 is 3.99. The Labute approximate surface area is 123 Å². The van der Waals surface area contributed by atoms with Crippen LogP contribution in [0.2, 0.25) is 0 Å². The summed E-state index contributed by atoms with van der Waals surface area (Å²) in [6.45, 7) is 0.398. The van der Waals surface area contributed by atoms with Crippen molar-refractivity contribution < 1.29 is 24.4 Å². The number of benzene rings is 1. The van der Waals surface area contributed by atoms with Gasteiger partial charge in [-0.3, -0.25) is 9.59 Å². The van der Waals surface area contributed by atoms with Crippen molar-refractivity contribution in [3.63, 3.8) is 0 Å². The number of carboxylic acids is 2. The van der Waals surface area contributed by atoms with Crippen molar-refractivity contribution in [3.05, 3.63) is 24.3 Å². The molecule has 0 unspecified atom stereocenters. The lowest BCUT2D eigenvalue weighted by molar-refractivity contribution is -0.701. The topological polar surface area (TPSA) is 78.5 Å². The number of carbonyl (C=O) groups is 2. The monoisotopic (exact) mass is 312 g/mol. The molecule has 1 heterocycles. The maximum absolute atomic E-state index is 10.8. The van der Waals surface area contributed by atoms with Crippen LogP contribution in [0.25, 0.3) is 10.2 Å². The van der Waals surface area contributed by atoms with Gasteiger partial charge in [0.15, 0.2) is 6.54 Å². The fraction of sp³-hybridized carbons (Fsp3) is 0.308. The summed E-state index contributed by atoms with van der Waals surface area (Å²) in [6, 6.07) is 7.79. The molecule has 2 aromatic rings. The zero-order chi connectivity index (χ0) is 14.5. The van der Waals surface area contributed by atoms with Crippen LogP contribution in [0.15, 0.2) is 28.6 Å². The number of aromatic nitrogens is 1. The lowest BCUT2D eigenvalue weighted by Gasteiger charge is -1.97. The van der Waals surface area contributed by atoms with Crippen LogP contribution in [0, 0.1) is 0 Å². The van der Waals surface area contributed by atoms with Gasteiger partial charge in [0.1, 0.15) is 11.1 Å². The molecule has 2 N–H and O–H groups in total. The van der Waals surface area contributed by atoms with Gasteiger partial charge in [0.05, 0.1) is 6.42 Å². The van der Waals surface area contributed by atoms with Crippen LogP contribution in [0.5, 0.6) is 0 Å². The lowest BCUT2D eigenvalue weighted by atomic mass is 10.3. The molecule has 0 amide bonds. The molecule has 5 nitrogen and oxygen atoms in total. The molecule has 2 rings (SSSR count). The summed E-state index contributed by atoms with van der Waals surface area (Å²) in [6.07, 6.45) is 0.149. The molecule has 106 valence electrons. The average Bonchev–Trinajstić information content (AvgIpc) is 2.73. The molecule has 0 bridgehead atoms. The third kappa shape index (κ3) is 3.71. The van der Waals surface area contributed by atoms with Crippen LogP contribution in [0.4, 0.5) is 0 Å². The van der Waals surface area contributed by atoms with Gasteiger partial charge in [-0.15, -0.1) is 0 Å². The molecule has 7 heteroatoms. The Kier molecular flexibility index (Phi) is 4.97. The van der Waals surface area contributed by atoms with E-state index in [1.807, 2.05) is 28.8 Å². The SMILES string of the molecule is O=C(O)CCSc1sc2ccccc2[n+]1CCC(=O)O. The summed E-state index contributed by atoms with van der Waals surface area (Å²) in [5.74, 6) is -1.18. The molecule has 20 heavy (non-hydrogen) atoms. The zero-order valence-electron chi connectivity index (χ0n) is 10.6. The summed E-state index contributed by atoms with van der Waals surface area (Å²) in [5, 5.41) is 17.5. The van der Waals surface area contributed by atoms with Crippen LogP contribution in [0.1, 0.15) is 12.8 Å². The van der Waals surface area contributed by atoms with E-state index in [-0.39, 0.29) is 12.8 Å². The highest BCUT2D eigenvalue weighted by atomic mass is 32.2. The fourth-order valence-corrected chi connectivity index (χ4v) is 4.24. The first kappa shape index (κ1) is 14.8. The zero-order valence-corrected chi connectivity index (χ0v) is 12.2. The highest BCUT2D eigenvalue weighted by Gasteiger charge is 2.21. The van der Waals surface area contributed by atoms with Crippen molar-refractivity contribution in [1.29, 1.82) is 0 Å². The third-order valence-electron chi connectivity index (χ3n) is 2.66. The van der Waals surface area contributed by atoms with Gasteiger partial charge < -0.3 is 10.2 Å². The smallest absolute Gasteiger partial charge is 0.309 e. The normalized spacial score (nSPS) is 10.8. The van der Waals surface area contributed by atoms with Crippen molar-refractivity contribution in [2.45, 2.75) is 23.7 Å². The third-order valence-corrected chi connectivity index (χ3v) is 5.10. The predicted molar refractivity (Wildman–Crippen MR) is 77.2 cm³/mol. The van der Waals surface area contributed by atoms with Crippen molar-refractivity contribution in [3.8, 4) is 0 Å². The van der Waals surface area contributed by atoms with E-state index in [1.54, 1.807) is 11.3 Å². The summed E-state index contributed by atoms with van der Waals surface area (Å²) in [7, 11) is 0. The first-order valence-electron chi connectivity index (χ1n) is 6.05. The molecule has 0 saturated carbocycles. The summed E-state index contributed by atoms with van der Waals surface area (Å²) >= 11 is 3.03. The molecule has 1 aromatic carbocycles. The molecule has 0 aliphatic rings. The number of fused-ring (bicyclic) bond motifs is 1. The number of hydrogen-bond donors (Lipinski definition) is 2. The van der Waals surface area contributed by atoms with Crippen molar-refractivity contribution >= 4 is 45.3 Å². The van der Waals surface area contributed by atoms with E-state index in [4.69, 9.17) is 10.2 Å². The van der Waals surface area contributed by atoms with E-state index >= 15 is 0 Å². The second-order valence-corrected chi connectivity index (χ2v) is 6.50. The van der Waals surface area contributed by atoms with Crippen LogP contribution in [0.3, 0.4) is 0 Å². The van der Waals surface area contributed by atoms with E-state index in [1.165, 1.54) is 11.8 Å². The molecular weight excluding hydrogens is 298 g/mol. The van der Waals surface area contributed by atoms with Crippen molar-refractivity contribution in [1.82, 2.24) is 0 Å². The van der Waals surface area contributed by atoms with Gasteiger partial charge in [0, 0.05) is 11.8 Å². The molecule has 0 atom stereocenters. The summed E-state index contributed by atoms with van der Waals surface area (Å²) in [5.41, 5.74) is 0.997. The van der Waals surface area contributed by atoms with E-state index < -0.39 is 11.9 Å². The predicted octanol–water partition coefficient (Wildman–Crippen LogP) is 2.23. The minimum atomic E-state index is -0.839. The quantitative estimate of drug-likeness (QED) is 0.605. The second-order valence-electron chi connectivity index (χ2n) is 4.12. The molecule has 0 spiro atoms. The molecule has 0 saturated heterocycles. The Hall–Kier alpha value is -1.60. The van der Waals surface area contributed by atoms with E-state index in [0.717, 1.165) is 14.6 Å². The van der Waals surface area contributed by atoms with Gasteiger partial charge in [-0.1, -0.05) is 23.5 Å². The lowest BCUT2D eigenvalue weighted by Crippen LogP contribution is -2.35. The molecule has 0 radical (unpaired) electrons. The highest BCUT2D eigenvalue weighted by Crippen LogP contribution is 2.28. The fourth-order valence-electron chi connectivity index (χ4n) is 1.77. The van der Waals surface area contributed by atoms with Crippen molar-refractivity contribution in [2.75, 3.05) is 5.75 Å². The molecule has 0 aliphatic carbocycles. The van der Waals surface area contributed by atoms with Gasteiger partial charge in [-0.05, 0) is 17.8 Å². The number of thiazole rings is 1. The largest absolute Gasteiger partial charge is 0.481 e. The molecule has 1 aromatic heterocycles. The number of aryl methyl sites for hydroxylation is 1. The molecular formula is C13H14NO4S2+.